The highest BCUT2D eigenvalue weighted by atomic mass is 32.2. The summed E-state index contributed by atoms with van der Waals surface area (Å²) in [6, 6.07) is 5.84. The first-order valence-electron chi connectivity index (χ1n) is 9.19. The van der Waals surface area contributed by atoms with Gasteiger partial charge in [0.2, 0.25) is 0 Å². The molecule has 0 amide bonds. The molecule has 6 heteroatoms. The van der Waals surface area contributed by atoms with E-state index in [0.29, 0.717) is 11.7 Å². The molecule has 0 radical (unpaired) electrons. The van der Waals surface area contributed by atoms with Crippen molar-refractivity contribution in [2.75, 3.05) is 36.1 Å². The van der Waals surface area contributed by atoms with Crippen molar-refractivity contribution in [2.45, 2.75) is 39.7 Å². The topological polar surface area (TPSA) is 42.7 Å². The minimum absolute atomic E-state index is 0.296. The molecular formula is C20H28FNO3S. The van der Waals surface area contributed by atoms with Crippen LogP contribution in [0.25, 0.3) is 11.0 Å². The molecule has 0 unspecified atom stereocenters. The molecule has 4 nitrogen and oxygen atoms in total. The van der Waals surface area contributed by atoms with E-state index in [2.05, 4.69) is 25.7 Å². The lowest BCUT2D eigenvalue weighted by Gasteiger charge is -2.24. The molecule has 1 aromatic carbocycles. The molecule has 2 aromatic rings. The molecule has 0 spiro atoms. The summed E-state index contributed by atoms with van der Waals surface area (Å²) < 4.78 is 24.1. The van der Waals surface area contributed by atoms with E-state index in [9.17, 15) is 9.18 Å². The van der Waals surface area contributed by atoms with Gasteiger partial charge in [-0.2, -0.15) is 11.8 Å². The summed E-state index contributed by atoms with van der Waals surface area (Å²) in [6.07, 6.45) is 2.38. The van der Waals surface area contributed by atoms with E-state index >= 15 is 0 Å². The Morgan fingerprint density at radius 2 is 2.00 bits per heavy atom. The Labute approximate surface area is 158 Å². The standard InChI is InChI=1S/C20H28FNO3S/c1-4-22(9-5-11-26-12-6-10-24-15(2)3)18-14-20(23)25-19-13-16(21)7-8-17(18)19/h7-8,13-15H,4-6,9-12H2,1-3H3. The average Bonchev–Trinajstić information content (AvgIpc) is 2.59. The van der Waals surface area contributed by atoms with Crippen molar-refractivity contribution in [1.82, 2.24) is 0 Å². The molecule has 0 aliphatic carbocycles. The Kier molecular flexibility index (Phi) is 8.45. The second-order valence-electron chi connectivity index (χ2n) is 6.41. The molecule has 1 aromatic heterocycles. The van der Waals surface area contributed by atoms with Crippen LogP contribution in [-0.2, 0) is 4.74 Å². The molecule has 1 heterocycles. The fourth-order valence-corrected chi connectivity index (χ4v) is 3.63. The lowest BCUT2D eigenvalue weighted by Crippen LogP contribution is -2.25. The molecule has 0 aliphatic rings. The zero-order valence-electron chi connectivity index (χ0n) is 15.8. The van der Waals surface area contributed by atoms with Crippen LogP contribution in [-0.4, -0.2) is 37.3 Å². The molecule has 0 N–H and O–H groups in total. The van der Waals surface area contributed by atoms with Gasteiger partial charge in [-0.25, -0.2) is 9.18 Å². The van der Waals surface area contributed by atoms with Crippen molar-refractivity contribution in [1.29, 1.82) is 0 Å². The third kappa shape index (κ3) is 6.32. The van der Waals surface area contributed by atoms with Gasteiger partial charge in [-0.1, -0.05) is 0 Å². The fourth-order valence-electron chi connectivity index (χ4n) is 2.77. The highest BCUT2D eigenvalue weighted by Crippen LogP contribution is 2.26. The highest BCUT2D eigenvalue weighted by Gasteiger charge is 2.12. The van der Waals surface area contributed by atoms with Crippen LogP contribution in [0.4, 0.5) is 10.1 Å². The van der Waals surface area contributed by atoms with Gasteiger partial charge in [-0.3, -0.25) is 0 Å². The van der Waals surface area contributed by atoms with Crippen molar-refractivity contribution in [3.63, 3.8) is 0 Å². The summed E-state index contributed by atoms with van der Waals surface area (Å²) >= 11 is 1.92. The number of hydrogen-bond acceptors (Lipinski definition) is 5. The zero-order chi connectivity index (χ0) is 18.9. The number of benzene rings is 1. The number of anilines is 1. The predicted octanol–water partition coefficient (Wildman–Crippen LogP) is 4.70. The van der Waals surface area contributed by atoms with Gasteiger partial charge in [0.25, 0.3) is 0 Å². The Bertz CT molecular complexity index is 747. The fraction of sp³-hybridized carbons (Fsp3) is 0.550. The maximum Gasteiger partial charge on any atom is 0.338 e. The van der Waals surface area contributed by atoms with Gasteiger partial charge < -0.3 is 14.1 Å². The maximum atomic E-state index is 13.4. The molecular weight excluding hydrogens is 353 g/mol. The van der Waals surface area contributed by atoms with E-state index in [1.54, 1.807) is 6.07 Å². The number of fused-ring (bicyclic) bond motifs is 1. The van der Waals surface area contributed by atoms with Gasteiger partial charge in [-0.15, -0.1) is 0 Å². The quantitative estimate of drug-likeness (QED) is 0.417. The summed E-state index contributed by atoms with van der Waals surface area (Å²) in [5.74, 6) is 1.75. The SMILES string of the molecule is CCN(CCCSCCCOC(C)C)c1cc(=O)oc2cc(F)ccc12. The lowest BCUT2D eigenvalue weighted by molar-refractivity contribution is 0.0800. The minimum atomic E-state index is -0.448. The van der Waals surface area contributed by atoms with Gasteiger partial charge in [0, 0.05) is 37.2 Å². The molecule has 0 aliphatic heterocycles. The molecule has 2 rings (SSSR count). The van der Waals surface area contributed by atoms with Crippen LogP contribution in [0.1, 0.15) is 33.6 Å². The van der Waals surface area contributed by atoms with E-state index in [0.717, 1.165) is 55.1 Å². The van der Waals surface area contributed by atoms with Crippen LogP contribution in [0, 0.1) is 5.82 Å². The Balaban J connectivity index is 1.89. The zero-order valence-corrected chi connectivity index (χ0v) is 16.6. The van der Waals surface area contributed by atoms with E-state index in [1.807, 2.05) is 11.8 Å². The second kappa shape index (κ2) is 10.6. The van der Waals surface area contributed by atoms with Crippen LogP contribution in [0.3, 0.4) is 0 Å². The van der Waals surface area contributed by atoms with Crippen LogP contribution >= 0.6 is 11.8 Å². The first-order chi connectivity index (χ1) is 12.5. The minimum Gasteiger partial charge on any atom is -0.422 e. The van der Waals surface area contributed by atoms with E-state index in [4.69, 9.17) is 9.15 Å². The van der Waals surface area contributed by atoms with Crippen molar-refractivity contribution in [3.05, 3.63) is 40.5 Å². The van der Waals surface area contributed by atoms with E-state index in [-0.39, 0.29) is 0 Å². The average molecular weight is 382 g/mol. The van der Waals surface area contributed by atoms with Crippen LogP contribution in [0.5, 0.6) is 0 Å². The van der Waals surface area contributed by atoms with Crippen LogP contribution < -0.4 is 10.5 Å². The first-order valence-corrected chi connectivity index (χ1v) is 10.3. The number of nitrogens with zero attached hydrogens (tertiary/aromatic N) is 1. The normalized spacial score (nSPS) is 11.4. The van der Waals surface area contributed by atoms with Gasteiger partial charge in [0.15, 0.2) is 0 Å². The molecule has 144 valence electrons. The van der Waals surface area contributed by atoms with Crippen molar-refractivity contribution < 1.29 is 13.5 Å². The summed E-state index contributed by atoms with van der Waals surface area (Å²) in [4.78, 5) is 14.0. The van der Waals surface area contributed by atoms with E-state index < -0.39 is 11.4 Å². The molecule has 0 saturated heterocycles. The lowest BCUT2D eigenvalue weighted by atomic mass is 10.2. The maximum absolute atomic E-state index is 13.4. The van der Waals surface area contributed by atoms with Gasteiger partial charge in [0.05, 0.1) is 11.8 Å². The highest BCUT2D eigenvalue weighted by molar-refractivity contribution is 7.99. The smallest absolute Gasteiger partial charge is 0.338 e. The van der Waals surface area contributed by atoms with Gasteiger partial charge in [-0.05, 0) is 57.3 Å². The number of halogens is 1. The van der Waals surface area contributed by atoms with Gasteiger partial charge >= 0.3 is 5.63 Å². The van der Waals surface area contributed by atoms with Crippen LogP contribution in [0.15, 0.2) is 33.5 Å². The van der Waals surface area contributed by atoms with Crippen molar-refractivity contribution in [3.8, 4) is 0 Å². The summed E-state index contributed by atoms with van der Waals surface area (Å²) in [5, 5.41) is 0.770. The molecule has 0 fully saturated rings. The second-order valence-corrected chi connectivity index (χ2v) is 7.63. The summed E-state index contributed by atoms with van der Waals surface area (Å²) in [7, 11) is 0. The molecule has 0 bridgehead atoms. The van der Waals surface area contributed by atoms with Crippen molar-refractivity contribution >= 4 is 28.4 Å². The third-order valence-electron chi connectivity index (χ3n) is 4.01. The monoisotopic (exact) mass is 381 g/mol. The predicted molar refractivity (Wildman–Crippen MR) is 108 cm³/mol. The Morgan fingerprint density at radius 3 is 2.73 bits per heavy atom. The number of thioether (sulfide) groups is 1. The number of ether oxygens (including phenoxy) is 1. The van der Waals surface area contributed by atoms with Gasteiger partial charge in [0.1, 0.15) is 11.4 Å². The third-order valence-corrected chi connectivity index (χ3v) is 5.16. The number of hydrogen-bond donors (Lipinski definition) is 0. The van der Waals surface area contributed by atoms with Crippen molar-refractivity contribution in [2.24, 2.45) is 0 Å². The molecule has 26 heavy (non-hydrogen) atoms. The largest absolute Gasteiger partial charge is 0.422 e. The summed E-state index contributed by atoms with van der Waals surface area (Å²) in [5.41, 5.74) is 0.663. The van der Waals surface area contributed by atoms with Crippen LogP contribution in [0.2, 0.25) is 0 Å². The van der Waals surface area contributed by atoms with E-state index in [1.165, 1.54) is 18.2 Å². The molecule has 0 saturated carbocycles. The first kappa shape index (κ1) is 20.8. The Hall–Kier alpha value is -1.53. The Morgan fingerprint density at radius 1 is 1.23 bits per heavy atom. The number of rotatable bonds is 11. The summed E-state index contributed by atoms with van der Waals surface area (Å²) in [6.45, 7) is 8.60. The molecule has 0 atom stereocenters.